The van der Waals surface area contributed by atoms with Crippen LogP contribution in [0, 0.1) is 12.7 Å². The summed E-state index contributed by atoms with van der Waals surface area (Å²) in [5.41, 5.74) is 1.14. The van der Waals surface area contributed by atoms with Gasteiger partial charge in [-0.2, -0.15) is 0 Å². The minimum absolute atomic E-state index is 0.132. The van der Waals surface area contributed by atoms with Gasteiger partial charge in [0.1, 0.15) is 18.2 Å². The van der Waals surface area contributed by atoms with Gasteiger partial charge in [-0.25, -0.2) is 4.39 Å². The molecule has 5 nitrogen and oxygen atoms in total. The highest BCUT2D eigenvalue weighted by Gasteiger charge is 2.20. The van der Waals surface area contributed by atoms with Gasteiger partial charge in [-0.3, -0.25) is 9.59 Å². The molecule has 0 bridgehead atoms. The van der Waals surface area contributed by atoms with Crippen molar-refractivity contribution in [1.82, 2.24) is 5.32 Å². The van der Waals surface area contributed by atoms with Crippen LogP contribution in [0.4, 0.5) is 4.39 Å². The van der Waals surface area contributed by atoms with Crippen molar-refractivity contribution in [1.29, 1.82) is 0 Å². The Labute approximate surface area is 155 Å². The molecule has 1 aromatic heterocycles. The van der Waals surface area contributed by atoms with Crippen molar-refractivity contribution in [2.24, 2.45) is 0 Å². The van der Waals surface area contributed by atoms with Crippen molar-refractivity contribution < 1.29 is 18.3 Å². The summed E-state index contributed by atoms with van der Waals surface area (Å²) in [6, 6.07) is 16.3. The fourth-order valence-corrected chi connectivity index (χ4v) is 2.48. The van der Waals surface area contributed by atoms with Gasteiger partial charge in [-0.05, 0) is 30.2 Å². The Kier molecular flexibility index (Phi) is 5.66. The van der Waals surface area contributed by atoms with E-state index in [0.717, 1.165) is 5.56 Å². The fraction of sp³-hybridized carbons (Fsp3) is 0.143. The van der Waals surface area contributed by atoms with Crippen LogP contribution in [0.1, 0.15) is 27.4 Å². The minimum atomic E-state index is -0.580. The molecule has 0 radical (unpaired) electrons. The second-order valence-electron chi connectivity index (χ2n) is 5.96. The molecule has 1 amide bonds. The van der Waals surface area contributed by atoms with E-state index in [1.165, 1.54) is 18.2 Å². The molecule has 1 N–H and O–H groups in total. The van der Waals surface area contributed by atoms with Crippen LogP contribution < -0.4 is 15.5 Å². The third-order valence-electron chi connectivity index (χ3n) is 3.83. The van der Waals surface area contributed by atoms with Crippen molar-refractivity contribution in [2.75, 3.05) is 0 Å². The van der Waals surface area contributed by atoms with Crippen molar-refractivity contribution in [3.05, 3.63) is 99.4 Å². The molecular formula is C21H18FNO4. The van der Waals surface area contributed by atoms with Gasteiger partial charge in [0.05, 0.1) is 0 Å². The van der Waals surface area contributed by atoms with Crippen molar-refractivity contribution in [3.63, 3.8) is 0 Å². The number of hydrogen-bond donors (Lipinski definition) is 1. The molecule has 0 aliphatic heterocycles. The molecule has 0 atom stereocenters. The number of carbonyl (C=O) groups excluding carboxylic acids is 1. The van der Waals surface area contributed by atoms with Crippen LogP contribution in [0.5, 0.6) is 5.75 Å². The highest BCUT2D eigenvalue weighted by Crippen LogP contribution is 2.17. The molecule has 138 valence electrons. The lowest BCUT2D eigenvalue weighted by molar-refractivity contribution is 0.0910. The van der Waals surface area contributed by atoms with E-state index in [-0.39, 0.29) is 30.5 Å². The van der Waals surface area contributed by atoms with Crippen LogP contribution in [0.15, 0.2) is 69.9 Å². The molecule has 0 fully saturated rings. The standard InChI is InChI=1S/C21H18FNO4/c1-14-11-18(24)19(26-13-16-5-3-2-4-6-16)20(27-14)21(25)23-12-15-7-9-17(22)10-8-15/h2-11H,12-13H2,1H3,(H,23,25). The lowest BCUT2D eigenvalue weighted by Crippen LogP contribution is -2.25. The first-order valence-electron chi connectivity index (χ1n) is 8.37. The maximum Gasteiger partial charge on any atom is 0.291 e. The summed E-state index contributed by atoms with van der Waals surface area (Å²) in [5, 5.41) is 2.65. The zero-order valence-corrected chi connectivity index (χ0v) is 14.7. The van der Waals surface area contributed by atoms with E-state index in [2.05, 4.69) is 5.32 Å². The summed E-state index contributed by atoms with van der Waals surface area (Å²) in [7, 11) is 0. The van der Waals surface area contributed by atoms with Crippen LogP contribution in [-0.2, 0) is 13.2 Å². The number of carbonyl (C=O) groups is 1. The highest BCUT2D eigenvalue weighted by molar-refractivity contribution is 5.93. The maximum absolute atomic E-state index is 13.0. The number of benzene rings is 2. The van der Waals surface area contributed by atoms with E-state index >= 15 is 0 Å². The fourth-order valence-electron chi connectivity index (χ4n) is 2.48. The normalized spacial score (nSPS) is 10.4. The Morgan fingerprint density at radius 3 is 2.48 bits per heavy atom. The summed E-state index contributed by atoms with van der Waals surface area (Å²) >= 11 is 0. The predicted octanol–water partition coefficient (Wildman–Crippen LogP) is 3.60. The third-order valence-corrected chi connectivity index (χ3v) is 3.83. The Bertz CT molecular complexity index is 981. The minimum Gasteiger partial charge on any atom is -0.481 e. The summed E-state index contributed by atoms with van der Waals surface area (Å²) in [6.07, 6.45) is 0. The zero-order chi connectivity index (χ0) is 19.2. The Hall–Kier alpha value is -3.41. The Morgan fingerprint density at radius 2 is 1.78 bits per heavy atom. The largest absolute Gasteiger partial charge is 0.481 e. The van der Waals surface area contributed by atoms with Crippen LogP contribution in [0.2, 0.25) is 0 Å². The number of hydrogen-bond acceptors (Lipinski definition) is 4. The second kappa shape index (κ2) is 8.31. The molecule has 0 aliphatic rings. The molecule has 0 spiro atoms. The van der Waals surface area contributed by atoms with Gasteiger partial charge in [0.15, 0.2) is 0 Å². The summed E-state index contributed by atoms with van der Waals surface area (Å²) in [4.78, 5) is 24.8. The molecule has 0 saturated heterocycles. The van der Waals surface area contributed by atoms with E-state index in [1.54, 1.807) is 19.1 Å². The average molecular weight is 367 g/mol. The first kappa shape index (κ1) is 18.4. The van der Waals surface area contributed by atoms with Crippen molar-refractivity contribution in [3.8, 4) is 5.75 Å². The third kappa shape index (κ3) is 4.82. The van der Waals surface area contributed by atoms with Gasteiger partial charge in [-0.1, -0.05) is 42.5 Å². The molecular weight excluding hydrogens is 349 g/mol. The predicted molar refractivity (Wildman–Crippen MR) is 98.1 cm³/mol. The van der Waals surface area contributed by atoms with Gasteiger partial charge >= 0.3 is 0 Å². The van der Waals surface area contributed by atoms with E-state index in [0.29, 0.717) is 11.3 Å². The molecule has 3 rings (SSSR count). The first-order chi connectivity index (χ1) is 13.0. The van der Waals surface area contributed by atoms with Crippen molar-refractivity contribution in [2.45, 2.75) is 20.1 Å². The van der Waals surface area contributed by atoms with Gasteiger partial charge in [0, 0.05) is 12.6 Å². The van der Waals surface area contributed by atoms with E-state index < -0.39 is 11.3 Å². The highest BCUT2D eigenvalue weighted by atomic mass is 19.1. The number of aryl methyl sites for hydroxylation is 1. The topological polar surface area (TPSA) is 68.5 Å². The Balaban J connectivity index is 1.77. The molecule has 6 heteroatoms. The van der Waals surface area contributed by atoms with E-state index in [4.69, 9.17) is 9.15 Å². The van der Waals surface area contributed by atoms with Crippen LogP contribution >= 0.6 is 0 Å². The van der Waals surface area contributed by atoms with Crippen LogP contribution in [0.3, 0.4) is 0 Å². The van der Waals surface area contributed by atoms with Crippen molar-refractivity contribution >= 4 is 5.91 Å². The molecule has 0 saturated carbocycles. The number of nitrogens with one attached hydrogen (secondary N) is 1. The quantitative estimate of drug-likeness (QED) is 0.723. The van der Waals surface area contributed by atoms with Crippen LogP contribution in [0.25, 0.3) is 0 Å². The van der Waals surface area contributed by atoms with Gasteiger partial charge < -0.3 is 14.5 Å². The molecule has 1 heterocycles. The van der Waals surface area contributed by atoms with Gasteiger partial charge in [-0.15, -0.1) is 0 Å². The number of ether oxygens (including phenoxy) is 1. The number of amides is 1. The molecule has 2 aromatic carbocycles. The zero-order valence-electron chi connectivity index (χ0n) is 14.7. The molecule has 0 aliphatic carbocycles. The lowest BCUT2D eigenvalue weighted by atomic mass is 10.2. The first-order valence-corrected chi connectivity index (χ1v) is 8.37. The van der Waals surface area contributed by atoms with Crippen LogP contribution in [-0.4, -0.2) is 5.91 Å². The Morgan fingerprint density at radius 1 is 1.07 bits per heavy atom. The number of halogens is 1. The van der Waals surface area contributed by atoms with Gasteiger partial charge in [0.2, 0.25) is 16.9 Å². The smallest absolute Gasteiger partial charge is 0.291 e. The van der Waals surface area contributed by atoms with E-state index in [1.807, 2.05) is 30.3 Å². The molecule has 0 unspecified atom stereocenters. The molecule has 27 heavy (non-hydrogen) atoms. The summed E-state index contributed by atoms with van der Waals surface area (Å²) in [5.74, 6) is -0.951. The summed E-state index contributed by atoms with van der Waals surface area (Å²) < 4.78 is 24.0. The number of rotatable bonds is 6. The second-order valence-corrected chi connectivity index (χ2v) is 5.96. The average Bonchev–Trinajstić information content (AvgIpc) is 2.67. The summed E-state index contributed by atoms with van der Waals surface area (Å²) in [6.45, 7) is 1.88. The SMILES string of the molecule is Cc1cc(=O)c(OCc2ccccc2)c(C(=O)NCc2ccc(F)cc2)o1. The maximum atomic E-state index is 13.0. The monoisotopic (exact) mass is 367 g/mol. The van der Waals surface area contributed by atoms with E-state index in [9.17, 15) is 14.0 Å². The van der Waals surface area contributed by atoms with Gasteiger partial charge in [0.25, 0.3) is 5.91 Å². The molecule has 3 aromatic rings. The lowest BCUT2D eigenvalue weighted by Gasteiger charge is -2.11.